The van der Waals surface area contributed by atoms with Crippen molar-refractivity contribution in [3.05, 3.63) is 29.6 Å². The molecule has 21 heavy (non-hydrogen) atoms. The molecule has 2 aromatic rings. The van der Waals surface area contributed by atoms with Crippen molar-refractivity contribution in [1.82, 2.24) is 10.1 Å². The summed E-state index contributed by atoms with van der Waals surface area (Å²) >= 11 is 0. The van der Waals surface area contributed by atoms with Crippen LogP contribution in [0.3, 0.4) is 0 Å². The maximum atomic E-state index is 6.06. The number of hydrogen-bond donors (Lipinski definition) is 1. The fourth-order valence-corrected chi connectivity index (χ4v) is 3.38. The van der Waals surface area contributed by atoms with Crippen molar-refractivity contribution >= 4 is 5.69 Å². The first-order valence-corrected chi connectivity index (χ1v) is 7.88. The number of anilines is 1. The first kappa shape index (κ1) is 14.1. The van der Waals surface area contributed by atoms with Crippen LogP contribution < -0.4 is 5.73 Å². The molecule has 4 nitrogen and oxygen atoms in total. The van der Waals surface area contributed by atoms with Crippen LogP contribution in [-0.4, -0.2) is 10.1 Å². The van der Waals surface area contributed by atoms with Crippen LogP contribution >= 0.6 is 0 Å². The summed E-state index contributed by atoms with van der Waals surface area (Å²) < 4.78 is 5.49. The van der Waals surface area contributed by atoms with Gasteiger partial charge in [0.15, 0.2) is 5.82 Å². The molecule has 2 unspecified atom stereocenters. The number of aromatic nitrogens is 2. The average molecular weight is 285 g/mol. The second kappa shape index (κ2) is 5.88. The largest absolute Gasteiger partial charge is 0.398 e. The minimum absolute atomic E-state index is 0.437. The van der Waals surface area contributed by atoms with E-state index >= 15 is 0 Å². The van der Waals surface area contributed by atoms with Crippen molar-refractivity contribution in [3.8, 4) is 11.5 Å². The van der Waals surface area contributed by atoms with Crippen LogP contribution in [-0.2, 0) is 0 Å². The second-order valence-electron chi connectivity index (χ2n) is 6.13. The fourth-order valence-electron chi connectivity index (χ4n) is 3.38. The Labute approximate surface area is 125 Å². The number of aryl methyl sites for hydroxylation is 1. The monoisotopic (exact) mass is 285 g/mol. The molecular weight excluding hydrogens is 262 g/mol. The number of nitrogen functional groups attached to an aromatic ring is 1. The molecule has 0 saturated heterocycles. The summed E-state index contributed by atoms with van der Waals surface area (Å²) in [4.78, 5) is 4.64. The van der Waals surface area contributed by atoms with Gasteiger partial charge in [-0.15, -0.1) is 0 Å². The highest BCUT2D eigenvalue weighted by atomic mass is 16.5. The van der Waals surface area contributed by atoms with Gasteiger partial charge < -0.3 is 10.3 Å². The normalized spacial score (nSPS) is 22.4. The number of benzene rings is 1. The lowest BCUT2D eigenvalue weighted by atomic mass is 9.80. The zero-order chi connectivity index (χ0) is 14.8. The van der Waals surface area contributed by atoms with Crippen LogP contribution in [0.25, 0.3) is 11.5 Å². The van der Waals surface area contributed by atoms with Crippen molar-refractivity contribution in [1.29, 1.82) is 0 Å². The SMILES string of the molecule is CCC1CCCC(c2noc(-c3c(C)cccc3N)n2)C1. The molecule has 1 aliphatic rings. The zero-order valence-electron chi connectivity index (χ0n) is 12.8. The number of nitrogens with zero attached hydrogens (tertiary/aromatic N) is 2. The van der Waals surface area contributed by atoms with E-state index in [4.69, 9.17) is 10.3 Å². The van der Waals surface area contributed by atoms with E-state index in [1.54, 1.807) is 0 Å². The Kier molecular flexibility index (Phi) is 3.95. The highest BCUT2D eigenvalue weighted by molar-refractivity contribution is 5.73. The van der Waals surface area contributed by atoms with Crippen molar-refractivity contribution in [3.63, 3.8) is 0 Å². The Morgan fingerprint density at radius 1 is 1.33 bits per heavy atom. The average Bonchev–Trinajstić information content (AvgIpc) is 2.97. The molecule has 1 fully saturated rings. The van der Waals surface area contributed by atoms with E-state index in [1.165, 1.54) is 32.1 Å². The second-order valence-corrected chi connectivity index (χ2v) is 6.13. The maximum Gasteiger partial charge on any atom is 0.260 e. The molecule has 2 atom stereocenters. The predicted octanol–water partition coefficient (Wildman–Crippen LogP) is 4.31. The third-order valence-electron chi connectivity index (χ3n) is 4.69. The van der Waals surface area contributed by atoms with Crippen LogP contribution in [0.2, 0.25) is 0 Å². The van der Waals surface area contributed by atoms with Crippen LogP contribution in [0.1, 0.15) is 56.3 Å². The zero-order valence-corrected chi connectivity index (χ0v) is 12.8. The first-order valence-electron chi connectivity index (χ1n) is 7.88. The van der Waals surface area contributed by atoms with Gasteiger partial charge >= 0.3 is 0 Å². The molecular formula is C17H23N3O. The maximum absolute atomic E-state index is 6.06. The van der Waals surface area contributed by atoms with Gasteiger partial charge in [-0.05, 0) is 37.3 Å². The molecule has 1 aliphatic carbocycles. The van der Waals surface area contributed by atoms with E-state index in [1.807, 2.05) is 25.1 Å². The van der Waals surface area contributed by atoms with E-state index in [2.05, 4.69) is 17.1 Å². The van der Waals surface area contributed by atoms with Gasteiger partial charge in [-0.2, -0.15) is 4.98 Å². The van der Waals surface area contributed by atoms with Gasteiger partial charge in [-0.1, -0.05) is 43.5 Å². The van der Waals surface area contributed by atoms with Crippen LogP contribution in [0.15, 0.2) is 22.7 Å². The van der Waals surface area contributed by atoms with Gasteiger partial charge in [0, 0.05) is 11.6 Å². The number of rotatable bonds is 3. The summed E-state index contributed by atoms with van der Waals surface area (Å²) in [5.74, 6) is 2.64. The number of nitrogens with two attached hydrogens (primary N) is 1. The van der Waals surface area contributed by atoms with E-state index in [-0.39, 0.29) is 0 Å². The van der Waals surface area contributed by atoms with Crippen LogP contribution in [0.5, 0.6) is 0 Å². The quantitative estimate of drug-likeness (QED) is 0.853. The van der Waals surface area contributed by atoms with E-state index < -0.39 is 0 Å². The van der Waals surface area contributed by atoms with Crippen molar-refractivity contribution in [2.75, 3.05) is 5.73 Å². The van der Waals surface area contributed by atoms with Gasteiger partial charge in [0.1, 0.15) is 0 Å². The van der Waals surface area contributed by atoms with Crippen molar-refractivity contribution < 1.29 is 4.52 Å². The predicted molar refractivity (Wildman–Crippen MR) is 83.9 cm³/mol. The van der Waals surface area contributed by atoms with E-state index in [0.717, 1.165) is 22.9 Å². The molecule has 2 N–H and O–H groups in total. The smallest absolute Gasteiger partial charge is 0.260 e. The summed E-state index contributed by atoms with van der Waals surface area (Å²) in [7, 11) is 0. The summed E-state index contributed by atoms with van der Waals surface area (Å²) in [5.41, 5.74) is 8.70. The molecule has 112 valence electrons. The molecule has 0 aliphatic heterocycles. The summed E-state index contributed by atoms with van der Waals surface area (Å²) in [6.07, 6.45) is 6.19. The van der Waals surface area contributed by atoms with Gasteiger partial charge in [0.25, 0.3) is 5.89 Å². The highest BCUT2D eigenvalue weighted by Gasteiger charge is 2.26. The Morgan fingerprint density at radius 2 is 2.19 bits per heavy atom. The molecule has 1 aromatic heterocycles. The van der Waals surface area contributed by atoms with Gasteiger partial charge in [-0.25, -0.2) is 0 Å². The molecule has 0 bridgehead atoms. The minimum Gasteiger partial charge on any atom is -0.398 e. The van der Waals surface area contributed by atoms with Gasteiger partial charge in [0.05, 0.1) is 5.56 Å². The third-order valence-corrected chi connectivity index (χ3v) is 4.69. The number of hydrogen-bond acceptors (Lipinski definition) is 4. The van der Waals surface area contributed by atoms with Gasteiger partial charge in [0.2, 0.25) is 0 Å². The summed E-state index contributed by atoms with van der Waals surface area (Å²) in [6, 6.07) is 5.83. The molecule has 0 spiro atoms. The standard InChI is InChI=1S/C17H23N3O/c1-3-12-7-5-8-13(10-12)16-19-17(21-20-16)15-11(2)6-4-9-14(15)18/h4,6,9,12-13H,3,5,7-8,10,18H2,1-2H3. The Hall–Kier alpha value is -1.84. The Morgan fingerprint density at radius 3 is 2.95 bits per heavy atom. The van der Waals surface area contributed by atoms with E-state index in [0.29, 0.717) is 17.5 Å². The van der Waals surface area contributed by atoms with Crippen LogP contribution in [0.4, 0.5) is 5.69 Å². The minimum atomic E-state index is 0.437. The molecule has 4 heteroatoms. The Balaban J connectivity index is 1.86. The molecule has 1 aromatic carbocycles. The molecule has 0 radical (unpaired) electrons. The highest BCUT2D eigenvalue weighted by Crippen LogP contribution is 2.37. The first-order chi connectivity index (χ1) is 10.2. The summed E-state index contributed by atoms with van der Waals surface area (Å²) in [6.45, 7) is 4.28. The molecule has 3 rings (SSSR count). The summed E-state index contributed by atoms with van der Waals surface area (Å²) in [5, 5.41) is 4.23. The molecule has 1 heterocycles. The van der Waals surface area contributed by atoms with Gasteiger partial charge in [-0.3, -0.25) is 0 Å². The van der Waals surface area contributed by atoms with Crippen molar-refractivity contribution in [2.45, 2.75) is 51.9 Å². The lowest BCUT2D eigenvalue weighted by Crippen LogP contribution is -2.14. The Bertz CT molecular complexity index is 600. The third kappa shape index (κ3) is 2.80. The lowest BCUT2D eigenvalue weighted by molar-refractivity contribution is 0.300. The van der Waals surface area contributed by atoms with Crippen LogP contribution in [0, 0.1) is 12.8 Å². The molecule has 0 amide bonds. The van der Waals surface area contributed by atoms with Crippen molar-refractivity contribution in [2.24, 2.45) is 5.92 Å². The lowest BCUT2D eigenvalue weighted by Gasteiger charge is -2.26. The van der Waals surface area contributed by atoms with E-state index in [9.17, 15) is 0 Å². The fraction of sp³-hybridized carbons (Fsp3) is 0.529. The molecule has 1 saturated carbocycles. The topological polar surface area (TPSA) is 64.9 Å².